The fourth-order valence-electron chi connectivity index (χ4n) is 4.50. The number of rotatable bonds is 7. The van der Waals surface area contributed by atoms with Crippen molar-refractivity contribution in [3.63, 3.8) is 0 Å². The van der Waals surface area contributed by atoms with Crippen LogP contribution < -0.4 is 10.6 Å². The molecule has 0 aliphatic carbocycles. The highest BCUT2D eigenvalue weighted by Gasteiger charge is 2.19. The number of para-hydroxylation sites is 1. The van der Waals surface area contributed by atoms with Crippen LogP contribution in [0.4, 0.5) is 0 Å². The van der Waals surface area contributed by atoms with E-state index in [4.69, 9.17) is 4.98 Å². The first-order valence-electron chi connectivity index (χ1n) is 12.3. The lowest BCUT2D eigenvalue weighted by Crippen LogP contribution is -2.28. The zero-order valence-electron chi connectivity index (χ0n) is 21.6. The quantitative estimate of drug-likeness (QED) is 0.298. The monoisotopic (exact) mass is 524 g/mol. The van der Waals surface area contributed by atoms with Crippen LogP contribution >= 0.6 is 11.3 Å². The number of carbonyl (C=O) groups is 2. The first-order valence-corrected chi connectivity index (χ1v) is 13.2. The lowest BCUT2D eigenvalue weighted by Gasteiger charge is -2.19. The molecule has 1 unspecified atom stereocenters. The second-order valence-corrected chi connectivity index (χ2v) is 10.1. The van der Waals surface area contributed by atoms with Gasteiger partial charge in [0.15, 0.2) is 0 Å². The minimum Gasteiger partial charge on any atom is -0.345 e. The van der Waals surface area contributed by atoms with E-state index in [9.17, 15) is 9.59 Å². The molecule has 0 aliphatic heterocycles. The van der Waals surface area contributed by atoms with Crippen molar-refractivity contribution < 1.29 is 9.59 Å². The van der Waals surface area contributed by atoms with Crippen LogP contribution in [0.15, 0.2) is 71.8 Å². The summed E-state index contributed by atoms with van der Waals surface area (Å²) in [7, 11) is 1.87. The number of pyridine rings is 1. The smallest absolute Gasteiger partial charge is 0.271 e. The number of nitrogens with zero attached hydrogens (tertiary/aromatic N) is 4. The number of aromatic nitrogens is 4. The molecule has 38 heavy (non-hydrogen) atoms. The minimum atomic E-state index is -0.263. The lowest BCUT2D eigenvalue weighted by molar-refractivity contribution is 0.0927. The Hall–Kier alpha value is -4.37. The zero-order valence-corrected chi connectivity index (χ0v) is 22.4. The van der Waals surface area contributed by atoms with Crippen molar-refractivity contribution in [1.29, 1.82) is 0 Å². The van der Waals surface area contributed by atoms with Crippen LogP contribution in [0.25, 0.3) is 22.2 Å². The van der Waals surface area contributed by atoms with E-state index < -0.39 is 0 Å². The molecule has 0 fully saturated rings. The predicted octanol–water partition coefficient (Wildman–Crippen LogP) is 5.38. The number of carbonyl (C=O) groups excluding carboxylic acids is 2. The van der Waals surface area contributed by atoms with Crippen molar-refractivity contribution in [1.82, 2.24) is 30.4 Å². The molecule has 2 aromatic carbocycles. The molecule has 2 atom stereocenters. The van der Waals surface area contributed by atoms with Crippen LogP contribution in [-0.2, 0) is 7.05 Å². The maximum Gasteiger partial charge on any atom is 0.271 e. The van der Waals surface area contributed by atoms with E-state index in [-0.39, 0.29) is 23.9 Å². The summed E-state index contributed by atoms with van der Waals surface area (Å²) in [4.78, 5) is 34.6. The SMILES string of the molecule is Cc1cc(C(C)NC(=O)c2cscn2)ccc1C(=O)N[C@H](C)c1cc(-c2cnn(C)c2)nc2ccccc12. The van der Waals surface area contributed by atoms with Crippen LogP contribution in [-0.4, -0.2) is 31.6 Å². The molecule has 0 saturated carbocycles. The second-order valence-electron chi connectivity index (χ2n) is 9.35. The Morgan fingerprint density at radius 1 is 1.00 bits per heavy atom. The number of benzene rings is 2. The Kier molecular flexibility index (Phi) is 7.02. The molecule has 0 bridgehead atoms. The summed E-state index contributed by atoms with van der Waals surface area (Å²) >= 11 is 1.38. The van der Waals surface area contributed by atoms with Crippen molar-refractivity contribution in [2.24, 2.45) is 7.05 Å². The van der Waals surface area contributed by atoms with Gasteiger partial charge >= 0.3 is 0 Å². The van der Waals surface area contributed by atoms with Gasteiger partial charge in [0.1, 0.15) is 5.69 Å². The molecule has 0 aliphatic rings. The van der Waals surface area contributed by atoms with Gasteiger partial charge in [0, 0.05) is 35.1 Å². The fourth-order valence-corrected chi connectivity index (χ4v) is 5.04. The number of fused-ring (bicyclic) bond motifs is 1. The van der Waals surface area contributed by atoms with E-state index in [0.717, 1.165) is 38.9 Å². The Labute approximate surface area is 224 Å². The number of amides is 2. The van der Waals surface area contributed by atoms with Crippen molar-refractivity contribution in [2.45, 2.75) is 32.9 Å². The maximum absolute atomic E-state index is 13.3. The maximum atomic E-state index is 13.3. The topological polar surface area (TPSA) is 102 Å². The van der Waals surface area contributed by atoms with Gasteiger partial charge in [0.25, 0.3) is 11.8 Å². The highest BCUT2D eigenvalue weighted by atomic mass is 32.1. The Bertz CT molecular complexity index is 1630. The summed E-state index contributed by atoms with van der Waals surface area (Å²) in [5.41, 5.74) is 7.93. The molecule has 3 aromatic heterocycles. The third kappa shape index (κ3) is 5.19. The predicted molar refractivity (Wildman–Crippen MR) is 149 cm³/mol. The van der Waals surface area contributed by atoms with Crippen LogP contribution in [0, 0.1) is 6.92 Å². The summed E-state index contributed by atoms with van der Waals surface area (Å²) < 4.78 is 1.74. The molecule has 0 spiro atoms. The second kappa shape index (κ2) is 10.5. The number of nitrogens with one attached hydrogen (secondary N) is 2. The summed E-state index contributed by atoms with van der Waals surface area (Å²) in [6.07, 6.45) is 3.71. The molecule has 5 aromatic rings. The van der Waals surface area contributed by atoms with Crippen molar-refractivity contribution in [3.8, 4) is 11.3 Å². The molecule has 2 N–H and O–H groups in total. The number of thiazole rings is 1. The average molecular weight is 525 g/mol. The van der Waals surface area contributed by atoms with Crippen LogP contribution in [0.2, 0.25) is 0 Å². The van der Waals surface area contributed by atoms with Crippen LogP contribution in [0.1, 0.15) is 63.5 Å². The van der Waals surface area contributed by atoms with E-state index in [2.05, 4.69) is 20.7 Å². The molecule has 0 radical (unpaired) electrons. The van der Waals surface area contributed by atoms with Gasteiger partial charge in [-0.15, -0.1) is 11.3 Å². The number of aryl methyl sites for hydroxylation is 2. The van der Waals surface area contributed by atoms with Gasteiger partial charge in [0.2, 0.25) is 0 Å². The molecular weight excluding hydrogens is 496 g/mol. The number of hydrogen-bond acceptors (Lipinski definition) is 6. The van der Waals surface area contributed by atoms with Gasteiger partial charge in [-0.05, 0) is 55.7 Å². The Morgan fingerprint density at radius 3 is 2.50 bits per heavy atom. The van der Waals surface area contributed by atoms with E-state index in [1.807, 2.05) is 82.5 Å². The van der Waals surface area contributed by atoms with Gasteiger partial charge in [-0.2, -0.15) is 5.10 Å². The normalized spacial score (nSPS) is 12.7. The first kappa shape index (κ1) is 25.3. The molecule has 9 heteroatoms. The Balaban J connectivity index is 1.36. The van der Waals surface area contributed by atoms with E-state index in [0.29, 0.717) is 11.3 Å². The van der Waals surface area contributed by atoms with Gasteiger partial charge in [-0.3, -0.25) is 14.3 Å². The van der Waals surface area contributed by atoms with E-state index >= 15 is 0 Å². The zero-order chi connectivity index (χ0) is 26.8. The van der Waals surface area contributed by atoms with E-state index in [1.54, 1.807) is 21.8 Å². The number of hydrogen-bond donors (Lipinski definition) is 2. The van der Waals surface area contributed by atoms with Crippen molar-refractivity contribution >= 4 is 34.1 Å². The summed E-state index contributed by atoms with van der Waals surface area (Å²) in [6.45, 7) is 5.79. The van der Waals surface area contributed by atoms with Gasteiger partial charge in [-0.25, -0.2) is 9.97 Å². The Morgan fingerprint density at radius 2 is 1.79 bits per heavy atom. The molecule has 5 rings (SSSR count). The highest BCUT2D eigenvalue weighted by Crippen LogP contribution is 2.29. The van der Waals surface area contributed by atoms with Crippen molar-refractivity contribution in [2.75, 3.05) is 0 Å². The first-order chi connectivity index (χ1) is 18.3. The molecule has 192 valence electrons. The summed E-state index contributed by atoms with van der Waals surface area (Å²) in [5, 5.41) is 13.1. The third-order valence-corrected chi connectivity index (χ3v) is 7.16. The van der Waals surface area contributed by atoms with Crippen LogP contribution in [0.5, 0.6) is 0 Å². The lowest BCUT2D eigenvalue weighted by atomic mass is 9.98. The van der Waals surface area contributed by atoms with E-state index in [1.165, 1.54) is 11.3 Å². The van der Waals surface area contributed by atoms with Crippen LogP contribution in [0.3, 0.4) is 0 Å². The molecule has 8 nitrogen and oxygen atoms in total. The molecular formula is C29H28N6O2S. The molecule has 0 saturated heterocycles. The van der Waals surface area contributed by atoms with Gasteiger partial charge in [-0.1, -0.05) is 30.3 Å². The third-order valence-electron chi connectivity index (χ3n) is 6.57. The molecule has 2 amide bonds. The average Bonchev–Trinajstić information content (AvgIpc) is 3.60. The highest BCUT2D eigenvalue weighted by molar-refractivity contribution is 7.07. The standard InChI is InChI=1S/C29H28N6O2S/c1-17-11-20(18(2)32-29(37)27-15-38-16-30-27)9-10-22(17)28(36)33-19(3)24-12-26(21-13-31-35(4)14-21)34-25-8-6-5-7-23(24)25/h5-16,18-19H,1-4H3,(H,32,37)(H,33,36)/t18?,19-/m1/s1. The van der Waals surface area contributed by atoms with Gasteiger partial charge < -0.3 is 10.6 Å². The summed E-state index contributed by atoms with van der Waals surface area (Å²) in [5.74, 6) is -0.383. The van der Waals surface area contributed by atoms with Gasteiger partial charge in [0.05, 0.1) is 35.0 Å². The minimum absolute atomic E-state index is 0.162. The van der Waals surface area contributed by atoms with Crippen molar-refractivity contribution in [3.05, 3.63) is 99.8 Å². The summed E-state index contributed by atoms with van der Waals surface area (Å²) in [6, 6.07) is 15.1. The largest absolute Gasteiger partial charge is 0.345 e. The molecule has 3 heterocycles. The fraction of sp³-hybridized carbons (Fsp3) is 0.207.